The SMILES string of the molecule is O=C(N[C@H]1CCCNC1)OC1CCC1. The predicted octanol–water partition coefficient (Wildman–Crippen LogP) is 1.02. The Hall–Kier alpha value is -0.770. The Morgan fingerprint density at radius 3 is 2.71 bits per heavy atom. The van der Waals surface area contributed by atoms with Crippen molar-refractivity contribution in [3.05, 3.63) is 0 Å². The first-order valence-electron chi connectivity index (χ1n) is 5.52. The molecular weight excluding hydrogens is 180 g/mol. The fraction of sp³-hybridized carbons (Fsp3) is 0.900. The third-order valence-electron chi connectivity index (χ3n) is 2.94. The molecule has 1 aliphatic heterocycles. The van der Waals surface area contributed by atoms with Gasteiger partial charge in [-0.15, -0.1) is 0 Å². The molecule has 4 nitrogen and oxygen atoms in total. The van der Waals surface area contributed by atoms with E-state index in [0.717, 1.165) is 38.8 Å². The Kier molecular flexibility index (Phi) is 3.24. The van der Waals surface area contributed by atoms with Crippen LogP contribution in [0.3, 0.4) is 0 Å². The molecule has 0 radical (unpaired) electrons. The monoisotopic (exact) mass is 198 g/mol. The third kappa shape index (κ3) is 2.61. The van der Waals surface area contributed by atoms with Crippen molar-refractivity contribution in [1.82, 2.24) is 10.6 Å². The van der Waals surface area contributed by atoms with Crippen molar-refractivity contribution in [2.45, 2.75) is 44.2 Å². The quantitative estimate of drug-likeness (QED) is 0.696. The second-order valence-corrected chi connectivity index (χ2v) is 4.15. The molecule has 0 aromatic heterocycles. The number of nitrogens with one attached hydrogen (secondary N) is 2. The van der Waals surface area contributed by atoms with Crippen molar-refractivity contribution in [2.75, 3.05) is 13.1 Å². The van der Waals surface area contributed by atoms with Gasteiger partial charge < -0.3 is 15.4 Å². The Morgan fingerprint density at radius 2 is 2.14 bits per heavy atom. The maximum absolute atomic E-state index is 11.4. The number of hydrogen-bond acceptors (Lipinski definition) is 3. The molecule has 0 aromatic rings. The number of carbonyl (C=O) groups is 1. The Bertz CT molecular complexity index is 198. The maximum Gasteiger partial charge on any atom is 0.407 e. The lowest BCUT2D eigenvalue weighted by Gasteiger charge is -2.28. The molecule has 2 N–H and O–H groups in total. The van der Waals surface area contributed by atoms with E-state index in [1.807, 2.05) is 0 Å². The Morgan fingerprint density at radius 1 is 1.29 bits per heavy atom. The van der Waals surface area contributed by atoms with Crippen LogP contribution in [0.1, 0.15) is 32.1 Å². The van der Waals surface area contributed by atoms with E-state index in [9.17, 15) is 4.79 Å². The molecule has 1 amide bonds. The lowest BCUT2D eigenvalue weighted by molar-refractivity contribution is 0.0497. The molecule has 1 saturated carbocycles. The van der Waals surface area contributed by atoms with E-state index in [1.165, 1.54) is 6.42 Å². The summed E-state index contributed by atoms with van der Waals surface area (Å²) in [6.07, 6.45) is 5.42. The van der Waals surface area contributed by atoms with Crippen molar-refractivity contribution in [3.63, 3.8) is 0 Å². The summed E-state index contributed by atoms with van der Waals surface area (Å²) in [5.74, 6) is 0. The molecular formula is C10H18N2O2. The highest BCUT2D eigenvalue weighted by Gasteiger charge is 2.23. The number of hydrogen-bond donors (Lipinski definition) is 2. The van der Waals surface area contributed by atoms with Crippen molar-refractivity contribution < 1.29 is 9.53 Å². The number of rotatable bonds is 2. The fourth-order valence-corrected chi connectivity index (χ4v) is 1.82. The summed E-state index contributed by atoms with van der Waals surface area (Å²) < 4.78 is 5.21. The average Bonchev–Trinajstić information content (AvgIpc) is 2.13. The normalized spacial score (nSPS) is 27.9. The van der Waals surface area contributed by atoms with Crippen LogP contribution in [0.15, 0.2) is 0 Å². The summed E-state index contributed by atoms with van der Waals surface area (Å²) in [6.45, 7) is 1.94. The first-order valence-corrected chi connectivity index (χ1v) is 5.52. The molecule has 1 saturated heterocycles. The lowest BCUT2D eigenvalue weighted by atomic mass is 9.96. The number of ether oxygens (including phenoxy) is 1. The maximum atomic E-state index is 11.4. The van der Waals surface area contributed by atoms with Gasteiger partial charge in [-0.25, -0.2) is 4.79 Å². The second kappa shape index (κ2) is 4.64. The number of alkyl carbamates (subject to hydrolysis) is 1. The van der Waals surface area contributed by atoms with Crippen molar-refractivity contribution in [2.24, 2.45) is 0 Å². The highest BCUT2D eigenvalue weighted by molar-refractivity contribution is 5.67. The first-order chi connectivity index (χ1) is 6.84. The van der Waals surface area contributed by atoms with E-state index >= 15 is 0 Å². The minimum atomic E-state index is -0.233. The zero-order chi connectivity index (χ0) is 9.80. The molecule has 1 heterocycles. The molecule has 80 valence electrons. The zero-order valence-electron chi connectivity index (χ0n) is 8.42. The fourth-order valence-electron chi connectivity index (χ4n) is 1.82. The minimum Gasteiger partial charge on any atom is -0.446 e. The summed E-state index contributed by atoms with van der Waals surface area (Å²) in [6, 6.07) is 0.260. The minimum absolute atomic E-state index is 0.187. The number of amides is 1. The molecule has 0 unspecified atom stereocenters. The van der Waals surface area contributed by atoms with Crippen LogP contribution in [-0.2, 0) is 4.74 Å². The smallest absolute Gasteiger partial charge is 0.407 e. The van der Waals surface area contributed by atoms with Crippen molar-refractivity contribution in [3.8, 4) is 0 Å². The molecule has 2 fully saturated rings. The molecule has 14 heavy (non-hydrogen) atoms. The van der Waals surface area contributed by atoms with Crippen molar-refractivity contribution >= 4 is 6.09 Å². The highest BCUT2D eigenvalue weighted by atomic mass is 16.6. The largest absolute Gasteiger partial charge is 0.446 e. The van der Waals surface area contributed by atoms with Gasteiger partial charge in [-0.3, -0.25) is 0 Å². The molecule has 1 aliphatic carbocycles. The lowest BCUT2D eigenvalue weighted by Crippen LogP contribution is -2.46. The third-order valence-corrected chi connectivity index (χ3v) is 2.94. The summed E-state index contributed by atoms with van der Waals surface area (Å²) in [5, 5.41) is 6.15. The topological polar surface area (TPSA) is 50.4 Å². The van der Waals surface area contributed by atoms with Gasteiger partial charge in [-0.2, -0.15) is 0 Å². The van der Waals surface area contributed by atoms with Gasteiger partial charge in [0, 0.05) is 12.6 Å². The van der Waals surface area contributed by atoms with Gasteiger partial charge in [-0.05, 0) is 38.6 Å². The second-order valence-electron chi connectivity index (χ2n) is 4.15. The molecule has 2 rings (SSSR count). The van der Waals surface area contributed by atoms with Gasteiger partial charge in [-0.1, -0.05) is 0 Å². The van der Waals surface area contributed by atoms with Gasteiger partial charge in [0.25, 0.3) is 0 Å². The molecule has 0 spiro atoms. The van der Waals surface area contributed by atoms with Crippen molar-refractivity contribution in [1.29, 1.82) is 0 Å². The van der Waals surface area contributed by atoms with Gasteiger partial charge in [0.1, 0.15) is 6.10 Å². The average molecular weight is 198 g/mol. The van der Waals surface area contributed by atoms with E-state index in [2.05, 4.69) is 10.6 Å². The van der Waals surface area contributed by atoms with Crippen LogP contribution < -0.4 is 10.6 Å². The van der Waals surface area contributed by atoms with Gasteiger partial charge in [0.2, 0.25) is 0 Å². The standard InChI is InChI=1S/C10H18N2O2/c13-10(14-9-4-1-5-9)12-8-3-2-6-11-7-8/h8-9,11H,1-7H2,(H,12,13)/t8-/m0/s1. The Balaban J connectivity index is 1.64. The van der Waals surface area contributed by atoms with Crippen LogP contribution in [0.2, 0.25) is 0 Å². The summed E-state index contributed by atoms with van der Waals surface area (Å²) in [7, 11) is 0. The molecule has 4 heteroatoms. The predicted molar refractivity (Wildman–Crippen MR) is 53.1 cm³/mol. The van der Waals surface area contributed by atoms with E-state index in [1.54, 1.807) is 0 Å². The van der Waals surface area contributed by atoms with Crippen LogP contribution in [0.4, 0.5) is 4.79 Å². The number of carbonyl (C=O) groups excluding carboxylic acids is 1. The Labute approximate surface area is 84.4 Å². The molecule has 0 bridgehead atoms. The molecule has 0 aromatic carbocycles. The van der Waals surface area contributed by atoms with E-state index in [0.29, 0.717) is 0 Å². The van der Waals surface area contributed by atoms with Crippen LogP contribution in [0.5, 0.6) is 0 Å². The van der Waals surface area contributed by atoms with Crippen LogP contribution >= 0.6 is 0 Å². The molecule has 1 atom stereocenters. The summed E-state index contributed by atoms with van der Waals surface area (Å²) in [5.41, 5.74) is 0. The first kappa shape index (κ1) is 9.77. The van der Waals surface area contributed by atoms with E-state index in [-0.39, 0.29) is 18.2 Å². The van der Waals surface area contributed by atoms with Crippen LogP contribution in [0, 0.1) is 0 Å². The van der Waals surface area contributed by atoms with Gasteiger partial charge in [0.15, 0.2) is 0 Å². The highest BCUT2D eigenvalue weighted by Crippen LogP contribution is 2.21. The van der Waals surface area contributed by atoms with Gasteiger partial charge >= 0.3 is 6.09 Å². The summed E-state index contributed by atoms with van der Waals surface area (Å²) in [4.78, 5) is 11.4. The van der Waals surface area contributed by atoms with Crippen LogP contribution in [-0.4, -0.2) is 31.3 Å². The zero-order valence-corrected chi connectivity index (χ0v) is 8.42. The number of piperidine rings is 1. The summed E-state index contributed by atoms with van der Waals surface area (Å²) >= 11 is 0. The van der Waals surface area contributed by atoms with E-state index in [4.69, 9.17) is 4.74 Å². The van der Waals surface area contributed by atoms with Crippen LogP contribution in [0.25, 0.3) is 0 Å². The van der Waals surface area contributed by atoms with Gasteiger partial charge in [0.05, 0.1) is 0 Å². The molecule has 2 aliphatic rings. The van der Waals surface area contributed by atoms with E-state index < -0.39 is 0 Å².